The van der Waals surface area contributed by atoms with Crippen LogP contribution in [0.4, 0.5) is 4.79 Å². The number of aromatic nitrogens is 2. The summed E-state index contributed by atoms with van der Waals surface area (Å²) in [5.41, 5.74) is 0.0173. The van der Waals surface area contributed by atoms with Gasteiger partial charge in [0.15, 0.2) is 0 Å². The molecule has 1 aromatic rings. The number of nitrogens with one attached hydrogen (secondary N) is 3. The molecule has 7 heteroatoms. The number of rotatable bonds is 6. The fourth-order valence-corrected chi connectivity index (χ4v) is 3.66. The maximum absolute atomic E-state index is 12.9. The van der Waals surface area contributed by atoms with E-state index in [4.69, 9.17) is 0 Å². The van der Waals surface area contributed by atoms with Gasteiger partial charge < -0.3 is 15.6 Å². The summed E-state index contributed by atoms with van der Waals surface area (Å²) in [5.74, 6) is 0.978. The van der Waals surface area contributed by atoms with Crippen molar-refractivity contribution < 1.29 is 9.59 Å². The Morgan fingerprint density at radius 1 is 1.33 bits per heavy atom. The van der Waals surface area contributed by atoms with Gasteiger partial charge in [-0.2, -0.15) is 0 Å². The van der Waals surface area contributed by atoms with Crippen LogP contribution < -0.4 is 10.6 Å². The number of piperidine rings is 1. The molecule has 0 spiro atoms. The van der Waals surface area contributed by atoms with Gasteiger partial charge in [0.2, 0.25) is 0 Å². The van der Waals surface area contributed by atoms with Gasteiger partial charge in [-0.25, -0.2) is 9.78 Å². The van der Waals surface area contributed by atoms with Gasteiger partial charge in [0.05, 0.1) is 18.4 Å². The van der Waals surface area contributed by atoms with Gasteiger partial charge in [0, 0.05) is 6.42 Å². The van der Waals surface area contributed by atoms with E-state index in [2.05, 4.69) is 27.5 Å². The summed E-state index contributed by atoms with van der Waals surface area (Å²) in [7, 11) is 0. The highest BCUT2D eigenvalue weighted by Gasteiger charge is 2.52. The number of aryl methyl sites for hydroxylation is 1. The fourth-order valence-electron chi connectivity index (χ4n) is 3.66. The van der Waals surface area contributed by atoms with Crippen molar-refractivity contribution in [2.24, 2.45) is 5.92 Å². The zero-order valence-corrected chi connectivity index (χ0v) is 14.5. The van der Waals surface area contributed by atoms with Crippen molar-refractivity contribution in [3.63, 3.8) is 0 Å². The molecule has 3 heterocycles. The van der Waals surface area contributed by atoms with E-state index >= 15 is 0 Å². The normalized spacial score (nSPS) is 25.3. The highest BCUT2D eigenvalue weighted by molar-refractivity contribution is 6.06. The van der Waals surface area contributed by atoms with Crippen molar-refractivity contribution in [1.29, 1.82) is 0 Å². The van der Waals surface area contributed by atoms with Gasteiger partial charge in [-0.05, 0) is 45.2 Å². The minimum absolute atomic E-state index is 0.121. The van der Waals surface area contributed by atoms with Crippen molar-refractivity contribution in [2.75, 3.05) is 13.1 Å². The lowest BCUT2D eigenvalue weighted by Gasteiger charge is -2.34. The summed E-state index contributed by atoms with van der Waals surface area (Å²) in [4.78, 5) is 34.2. The topological polar surface area (TPSA) is 90.1 Å². The van der Waals surface area contributed by atoms with Gasteiger partial charge in [0.1, 0.15) is 11.4 Å². The van der Waals surface area contributed by atoms with Crippen LogP contribution in [0.2, 0.25) is 0 Å². The predicted octanol–water partition coefficient (Wildman–Crippen LogP) is 1.56. The number of amides is 3. The molecule has 0 radical (unpaired) electrons. The quantitative estimate of drug-likeness (QED) is 0.689. The van der Waals surface area contributed by atoms with E-state index in [9.17, 15) is 9.59 Å². The number of nitrogens with zero attached hydrogens (tertiary/aromatic N) is 2. The van der Waals surface area contributed by atoms with Crippen LogP contribution in [0.25, 0.3) is 0 Å². The summed E-state index contributed by atoms with van der Waals surface area (Å²) < 4.78 is 0. The first-order chi connectivity index (χ1) is 11.5. The standard InChI is InChI=1S/C17H27N5O2/c1-3-4-5-14-19-10-13(20-14)11-22-15(23)17(2,21-16(22)24)12-6-8-18-9-7-12/h10,12,18H,3-9,11H2,1-2H3,(H,19,20)(H,21,24). The number of hydrogen-bond acceptors (Lipinski definition) is 4. The molecule has 0 bridgehead atoms. The van der Waals surface area contributed by atoms with E-state index in [-0.39, 0.29) is 24.4 Å². The van der Waals surface area contributed by atoms with Crippen molar-refractivity contribution in [3.8, 4) is 0 Å². The number of carbonyl (C=O) groups is 2. The third-order valence-corrected chi connectivity index (χ3v) is 5.23. The largest absolute Gasteiger partial charge is 0.344 e. The Labute approximate surface area is 142 Å². The van der Waals surface area contributed by atoms with Gasteiger partial charge in [0.25, 0.3) is 5.91 Å². The van der Waals surface area contributed by atoms with Crippen LogP contribution in [-0.2, 0) is 17.8 Å². The molecule has 3 amide bonds. The van der Waals surface area contributed by atoms with Crippen LogP contribution in [0.1, 0.15) is 51.0 Å². The molecule has 0 aromatic carbocycles. The molecule has 2 aliphatic rings. The van der Waals surface area contributed by atoms with Crippen LogP contribution in [-0.4, -0.2) is 45.4 Å². The Balaban J connectivity index is 1.68. The molecule has 1 unspecified atom stereocenters. The van der Waals surface area contributed by atoms with Crippen LogP contribution in [0, 0.1) is 5.92 Å². The van der Waals surface area contributed by atoms with Crippen molar-refractivity contribution in [1.82, 2.24) is 25.5 Å². The second-order valence-corrected chi connectivity index (χ2v) is 7.01. The van der Waals surface area contributed by atoms with Crippen molar-refractivity contribution in [2.45, 2.75) is 58.0 Å². The van der Waals surface area contributed by atoms with Crippen LogP contribution in [0.3, 0.4) is 0 Å². The number of imide groups is 1. The molecule has 3 N–H and O–H groups in total. The summed E-state index contributed by atoms with van der Waals surface area (Å²) in [5, 5.41) is 6.24. The Bertz CT molecular complexity index is 608. The zero-order chi connectivity index (χ0) is 17.2. The minimum Gasteiger partial charge on any atom is -0.344 e. The molecule has 2 saturated heterocycles. The fraction of sp³-hybridized carbons (Fsp3) is 0.706. The molecular weight excluding hydrogens is 306 g/mol. The first-order valence-electron chi connectivity index (χ1n) is 8.92. The monoisotopic (exact) mass is 333 g/mol. The molecule has 24 heavy (non-hydrogen) atoms. The molecule has 1 aromatic heterocycles. The van der Waals surface area contributed by atoms with E-state index in [0.717, 1.165) is 56.7 Å². The first-order valence-corrected chi connectivity index (χ1v) is 8.92. The zero-order valence-electron chi connectivity index (χ0n) is 14.5. The Morgan fingerprint density at radius 3 is 2.79 bits per heavy atom. The van der Waals surface area contributed by atoms with Crippen LogP contribution in [0.15, 0.2) is 6.20 Å². The first kappa shape index (κ1) is 17.0. The van der Waals surface area contributed by atoms with E-state index in [0.29, 0.717) is 0 Å². The Hall–Kier alpha value is -1.89. The van der Waals surface area contributed by atoms with Gasteiger partial charge in [-0.15, -0.1) is 0 Å². The number of aromatic amines is 1. The molecule has 0 saturated carbocycles. The average Bonchev–Trinajstić information content (AvgIpc) is 3.13. The van der Waals surface area contributed by atoms with E-state index in [1.807, 2.05) is 6.92 Å². The molecule has 7 nitrogen and oxygen atoms in total. The molecule has 3 rings (SSSR count). The third-order valence-electron chi connectivity index (χ3n) is 5.23. The summed E-state index contributed by atoms with van der Waals surface area (Å²) >= 11 is 0. The second-order valence-electron chi connectivity index (χ2n) is 7.01. The number of hydrogen-bond donors (Lipinski definition) is 3. The smallest absolute Gasteiger partial charge is 0.325 e. The molecule has 2 fully saturated rings. The van der Waals surface area contributed by atoms with Gasteiger partial charge in [-0.1, -0.05) is 13.3 Å². The van der Waals surface area contributed by atoms with Gasteiger partial charge in [-0.3, -0.25) is 9.69 Å². The van der Waals surface area contributed by atoms with Crippen LogP contribution >= 0.6 is 0 Å². The van der Waals surface area contributed by atoms with E-state index in [1.165, 1.54) is 4.90 Å². The summed E-state index contributed by atoms with van der Waals surface area (Å²) in [6.45, 7) is 6.04. The summed E-state index contributed by atoms with van der Waals surface area (Å²) in [6.07, 6.45) is 6.61. The van der Waals surface area contributed by atoms with Crippen LogP contribution in [0.5, 0.6) is 0 Å². The summed E-state index contributed by atoms with van der Waals surface area (Å²) in [6, 6.07) is -0.300. The van der Waals surface area contributed by atoms with Crippen molar-refractivity contribution in [3.05, 3.63) is 17.7 Å². The third kappa shape index (κ3) is 3.17. The predicted molar refractivity (Wildman–Crippen MR) is 90.3 cm³/mol. The number of urea groups is 1. The SMILES string of the molecule is CCCCc1ncc(CN2C(=O)NC(C)(C3CCNCC3)C2=O)[nH]1. The minimum atomic E-state index is -0.787. The lowest BCUT2D eigenvalue weighted by atomic mass is 9.79. The second kappa shape index (κ2) is 6.93. The molecule has 1 atom stereocenters. The highest BCUT2D eigenvalue weighted by atomic mass is 16.2. The molecule has 2 aliphatic heterocycles. The Morgan fingerprint density at radius 2 is 2.08 bits per heavy atom. The maximum atomic E-state index is 12.9. The number of imidazole rings is 1. The van der Waals surface area contributed by atoms with Gasteiger partial charge >= 0.3 is 6.03 Å². The lowest BCUT2D eigenvalue weighted by molar-refractivity contribution is -0.133. The molecule has 0 aliphatic carbocycles. The van der Waals surface area contributed by atoms with E-state index in [1.54, 1.807) is 6.20 Å². The number of unbranched alkanes of at least 4 members (excludes halogenated alkanes) is 1. The Kier molecular flexibility index (Phi) is 4.89. The maximum Gasteiger partial charge on any atom is 0.325 e. The van der Waals surface area contributed by atoms with Crippen molar-refractivity contribution >= 4 is 11.9 Å². The average molecular weight is 333 g/mol. The number of H-pyrrole nitrogens is 1. The number of carbonyl (C=O) groups excluding carboxylic acids is 2. The molecule has 132 valence electrons. The highest BCUT2D eigenvalue weighted by Crippen LogP contribution is 2.32. The lowest BCUT2D eigenvalue weighted by Crippen LogP contribution is -2.53. The van der Waals surface area contributed by atoms with E-state index < -0.39 is 5.54 Å². The molecular formula is C17H27N5O2.